The molecule has 8 heteroatoms. The highest BCUT2D eigenvalue weighted by molar-refractivity contribution is 7.80. The Balaban J connectivity index is 2.06. The third-order valence-corrected chi connectivity index (χ3v) is 3.56. The lowest BCUT2D eigenvalue weighted by atomic mass is 10.1. The van der Waals surface area contributed by atoms with Gasteiger partial charge in [-0.1, -0.05) is 0 Å². The summed E-state index contributed by atoms with van der Waals surface area (Å²) in [5.41, 5.74) is 2.21. The van der Waals surface area contributed by atoms with Crippen molar-refractivity contribution in [2.75, 3.05) is 24.6 Å². The summed E-state index contributed by atoms with van der Waals surface area (Å²) in [5.74, 6) is 0.781. The van der Waals surface area contributed by atoms with Gasteiger partial charge in [0.1, 0.15) is 0 Å². The summed E-state index contributed by atoms with van der Waals surface area (Å²) in [7, 11) is 0. The highest BCUT2D eigenvalue weighted by Gasteiger charge is 2.09. The minimum absolute atomic E-state index is 0.188. The van der Waals surface area contributed by atoms with Crippen molar-refractivity contribution in [1.82, 2.24) is 20.6 Å². The van der Waals surface area contributed by atoms with E-state index < -0.39 is 0 Å². The summed E-state index contributed by atoms with van der Waals surface area (Å²) in [6.07, 6.45) is 3.00. The Hall–Kier alpha value is -2.06. The second kappa shape index (κ2) is 9.29. The van der Waals surface area contributed by atoms with Gasteiger partial charge < -0.3 is 10.6 Å². The first-order chi connectivity index (χ1) is 11.7. The van der Waals surface area contributed by atoms with E-state index in [0.717, 1.165) is 0 Å². The Labute approximate surface area is 151 Å². The van der Waals surface area contributed by atoms with Crippen LogP contribution in [-0.4, -0.2) is 46.4 Å². The highest BCUT2D eigenvalue weighted by Crippen LogP contribution is 2.15. The summed E-state index contributed by atoms with van der Waals surface area (Å²) in [6, 6.07) is 6.81. The molecular weight excluding hydrogens is 344 g/mol. The smallest absolute Gasteiger partial charge is 0.252 e. The van der Waals surface area contributed by atoms with E-state index in [9.17, 15) is 9.59 Å². The first-order valence-electron chi connectivity index (χ1n) is 7.36. The van der Waals surface area contributed by atoms with Gasteiger partial charge >= 0.3 is 0 Å². The molecule has 2 aromatic rings. The second-order valence-corrected chi connectivity index (χ2v) is 5.72. The van der Waals surface area contributed by atoms with Gasteiger partial charge in [0.15, 0.2) is 0 Å². The van der Waals surface area contributed by atoms with Gasteiger partial charge in [-0.3, -0.25) is 19.6 Å². The molecule has 6 nitrogen and oxygen atoms in total. The first kappa shape index (κ1) is 18.3. The molecule has 0 atom stereocenters. The molecule has 2 amide bonds. The standard InChI is InChI=1S/C16H18N4O2S2/c21-15(17-5-7-23)11-1-3-13(19-9-11)14-4-2-12(10-20-14)16(22)18-6-8-24/h1-4,9-10,23-24H,5-8H2,(H,17,21)(H,18,22). The Morgan fingerprint density at radius 3 is 1.50 bits per heavy atom. The lowest BCUT2D eigenvalue weighted by molar-refractivity contribution is 0.0947. The molecule has 126 valence electrons. The van der Waals surface area contributed by atoms with E-state index >= 15 is 0 Å². The number of carbonyl (C=O) groups is 2. The van der Waals surface area contributed by atoms with E-state index in [2.05, 4.69) is 45.9 Å². The number of nitrogens with zero attached hydrogens (tertiary/aromatic N) is 2. The Morgan fingerprint density at radius 1 is 0.792 bits per heavy atom. The maximum atomic E-state index is 11.8. The summed E-state index contributed by atoms with van der Waals surface area (Å²) in [4.78, 5) is 32.1. The summed E-state index contributed by atoms with van der Waals surface area (Å²) in [5, 5.41) is 5.45. The second-order valence-electron chi connectivity index (χ2n) is 4.82. The molecule has 2 heterocycles. The number of hydrogen-bond acceptors (Lipinski definition) is 6. The first-order valence-corrected chi connectivity index (χ1v) is 8.63. The normalized spacial score (nSPS) is 10.2. The number of carbonyl (C=O) groups excluding carboxylic acids is 2. The van der Waals surface area contributed by atoms with Crippen LogP contribution in [0.2, 0.25) is 0 Å². The van der Waals surface area contributed by atoms with Gasteiger partial charge in [0.05, 0.1) is 22.5 Å². The van der Waals surface area contributed by atoms with Crippen LogP contribution in [0.5, 0.6) is 0 Å². The predicted octanol–water partition coefficient (Wildman–Crippen LogP) is 1.46. The molecule has 0 aliphatic heterocycles. The van der Waals surface area contributed by atoms with Gasteiger partial charge in [-0.2, -0.15) is 25.3 Å². The Kier molecular flexibility index (Phi) is 7.07. The molecule has 2 rings (SSSR count). The molecule has 0 unspecified atom stereocenters. The van der Waals surface area contributed by atoms with E-state index in [0.29, 0.717) is 47.1 Å². The van der Waals surface area contributed by atoms with Crippen molar-refractivity contribution >= 4 is 37.1 Å². The average Bonchev–Trinajstić information content (AvgIpc) is 2.64. The molecule has 2 aromatic heterocycles. The topological polar surface area (TPSA) is 84.0 Å². The zero-order valence-corrected chi connectivity index (χ0v) is 14.7. The number of pyridine rings is 2. The van der Waals surface area contributed by atoms with Crippen molar-refractivity contribution in [2.24, 2.45) is 0 Å². The van der Waals surface area contributed by atoms with Crippen LogP contribution in [0.25, 0.3) is 11.4 Å². The number of nitrogens with one attached hydrogen (secondary N) is 2. The van der Waals surface area contributed by atoms with E-state index in [4.69, 9.17) is 0 Å². The molecule has 0 aliphatic rings. The number of hydrogen-bond donors (Lipinski definition) is 4. The van der Waals surface area contributed by atoms with Crippen LogP contribution in [0.1, 0.15) is 20.7 Å². The molecule has 0 fully saturated rings. The fraction of sp³-hybridized carbons (Fsp3) is 0.250. The van der Waals surface area contributed by atoms with Crippen LogP contribution in [0.15, 0.2) is 36.7 Å². The van der Waals surface area contributed by atoms with Gasteiger partial charge in [-0.15, -0.1) is 0 Å². The molecule has 0 aliphatic carbocycles. The SMILES string of the molecule is O=C(NCCS)c1ccc(-c2ccc(C(=O)NCCS)cn2)nc1. The van der Waals surface area contributed by atoms with E-state index in [1.165, 1.54) is 12.4 Å². The van der Waals surface area contributed by atoms with Crippen molar-refractivity contribution in [3.63, 3.8) is 0 Å². The number of rotatable bonds is 7. The van der Waals surface area contributed by atoms with Crippen LogP contribution in [-0.2, 0) is 0 Å². The molecule has 0 saturated carbocycles. The average molecular weight is 362 g/mol. The molecule has 2 N–H and O–H groups in total. The summed E-state index contributed by atoms with van der Waals surface area (Å²) in [6.45, 7) is 1.00. The van der Waals surface area contributed by atoms with Gasteiger partial charge in [-0.25, -0.2) is 0 Å². The van der Waals surface area contributed by atoms with Crippen LogP contribution < -0.4 is 10.6 Å². The zero-order valence-electron chi connectivity index (χ0n) is 12.9. The lowest BCUT2D eigenvalue weighted by Crippen LogP contribution is -2.25. The van der Waals surface area contributed by atoms with E-state index in [1.54, 1.807) is 24.3 Å². The van der Waals surface area contributed by atoms with Gasteiger partial charge in [0.25, 0.3) is 11.8 Å². The summed E-state index contributed by atoms with van der Waals surface area (Å²) >= 11 is 8.08. The lowest BCUT2D eigenvalue weighted by Gasteiger charge is -2.06. The monoisotopic (exact) mass is 362 g/mol. The molecule has 0 bridgehead atoms. The predicted molar refractivity (Wildman–Crippen MR) is 99.8 cm³/mol. The fourth-order valence-electron chi connectivity index (χ4n) is 1.90. The van der Waals surface area contributed by atoms with Crippen molar-refractivity contribution in [3.8, 4) is 11.4 Å². The third-order valence-electron chi connectivity index (χ3n) is 3.11. The van der Waals surface area contributed by atoms with Gasteiger partial charge in [-0.05, 0) is 24.3 Å². The zero-order chi connectivity index (χ0) is 17.4. The van der Waals surface area contributed by atoms with Crippen LogP contribution in [0, 0.1) is 0 Å². The number of aromatic nitrogens is 2. The molecule has 24 heavy (non-hydrogen) atoms. The fourth-order valence-corrected chi connectivity index (χ4v) is 2.13. The number of thiol groups is 2. The van der Waals surface area contributed by atoms with Crippen molar-refractivity contribution in [2.45, 2.75) is 0 Å². The minimum atomic E-state index is -0.188. The maximum absolute atomic E-state index is 11.8. The molecule has 0 aromatic carbocycles. The maximum Gasteiger partial charge on any atom is 0.252 e. The highest BCUT2D eigenvalue weighted by atomic mass is 32.1. The molecule has 0 saturated heterocycles. The van der Waals surface area contributed by atoms with Gasteiger partial charge in [0.2, 0.25) is 0 Å². The van der Waals surface area contributed by atoms with Crippen molar-refractivity contribution in [1.29, 1.82) is 0 Å². The van der Waals surface area contributed by atoms with E-state index in [-0.39, 0.29) is 11.8 Å². The summed E-state index contributed by atoms with van der Waals surface area (Å²) < 4.78 is 0. The Morgan fingerprint density at radius 2 is 1.21 bits per heavy atom. The van der Waals surface area contributed by atoms with Crippen LogP contribution >= 0.6 is 25.3 Å². The number of amides is 2. The molecule has 0 radical (unpaired) electrons. The molecule has 0 spiro atoms. The van der Waals surface area contributed by atoms with E-state index in [1.807, 2.05) is 0 Å². The third kappa shape index (κ3) is 4.97. The quantitative estimate of drug-likeness (QED) is 0.562. The van der Waals surface area contributed by atoms with Gasteiger partial charge in [0, 0.05) is 37.0 Å². The molecular formula is C16H18N4O2S2. The van der Waals surface area contributed by atoms with Crippen molar-refractivity contribution < 1.29 is 9.59 Å². The van der Waals surface area contributed by atoms with Crippen LogP contribution in [0.4, 0.5) is 0 Å². The van der Waals surface area contributed by atoms with Crippen LogP contribution in [0.3, 0.4) is 0 Å². The Bertz CT molecular complexity index is 629. The van der Waals surface area contributed by atoms with Crippen molar-refractivity contribution in [3.05, 3.63) is 47.8 Å². The largest absolute Gasteiger partial charge is 0.351 e. The minimum Gasteiger partial charge on any atom is -0.351 e.